The van der Waals surface area contributed by atoms with Crippen LogP contribution in [0.4, 0.5) is 18.9 Å². The number of amides is 1. The average Bonchev–Trinajstić information content (AvgIpc) is 2.90. The topological polar surface area (TPSA) is 41.1 Å². The van der Waals surface area contributed by atoms with Gasteiger partial charge in [-0.2, -0.15) is 13.2 Å². The molecule has 1 aliphatic heterocycles. The SMILES string of the molecule is CCC1(C(=O)Nc2cc(C(F)(F)F)ccc2Br)CCNC1. The van der Waals surface area contributed by atoms with Gasteiger partial charge in [0.25, 0.3) is 0 Å². The van der Waals surface area contributed by atoms with Gasteiger partial charge in [0.05, 0.1) is 16.7 Å². The van der Waals surface area contributed by atoms with E-state index in [0.717, 1.165) is 18.7 Å². The van der Waals surface area contributed by atoms with Crippen LogP contribution in [0.3, 0.4) is 0 Å². The van der Waals surface area contributed by atoms with Crippen molar-refractivity contribution in [3.8, 4) is 0 Å². The van der Waals surface area contributed by atoms with E-state index in [0.29, 0.717) is 23.9 Å². The second-order valence-electron chi connectivity index (χ2n) is 5.21. The highest BCUT2D eigenvalue weighted by atomic mass is 79.9. The van der Waals surface area contributed by atoms with Gasteiger partial charge in [-0.1, -0.05) is 6.92 Å². The summed E-state index contributed by atoms with van der Waals surface area (Å²) in [6.45, 7) is 3.20. The summed E-state index contributed by atoms with van der Waals surface area (Å²) in [5.74, 6) is -0.241. The lowest BCUT2D eigenvalue weighted by molar-refractivity contribution is -0.137. The molecule has 1 aromatic carbocycles. The largest absolute Gasteiger partial charge is 0.416 e. The van der Waals surface area contributed by atoms with Crippen molar-refractivity contribution in [1.29, 1.82) is 0 Å². The lowest BCUT2D eigenvalue weighted by Crippen LogP contribution is -2.37. The van der Waals surface area contributed by atoms with Gasteiger partial charge in [-0.25, -0.2) is 0 Å². The summed E-state index contributed by atoms with van der Waals surface area (Å²) < 4.78 is 38.7. The predicted molar refractivity (Wildman–Crippen MR) is 78.0 cm³/mol. The molecule has 1 saturated heterocycles. The van der Waals surface area contributed by atoms with Crippen molar-refractivity contribution in [2.75, 3.05) is 18.4 Å². The smallest absolute Gasteiger partial charge is 0.325 e. The fourth-order valence-corrected chi connectivity index (χ4v) is 2.80. The van der Waals surface area contributed by atoms with Crippen LogP contribution in [0.15, 0.2) is 22.7 Å². The first-order valence-corrected chi connectivity index (χ1v) is 7.47. The first-order chi connectivity index (χ1) is 9.78. The number of carbonyl (C=O) groups is 1. The molecule has 1 amide bonds. The number of alkyl halides is 3. The normalized spacial score (nSPS) is 22.3. The highest BCUT2D eigenvalue weighted by Crippen LogP contribution is 2.36. The van der Waals surface area contributed by atoms with Crippen molar-refractivity contribution in [2.24, 2.45) is 5.41 Å². The highest BCUT2D eigenvalue weighted by Gasteiger charge is 2.40. The molecule has 0 aliphatic carbocycles. The van der Waals surface area contributed by atoms with Crippen LogP contribution in [0, 0.1) is 5.41 Å². The Bertz CT molecular complexity index is 540. The lowest BCUT2D eigenvalue weighted by atomic mass is 9.83. The monoisotopic (exact) mass is 364 g/mol. The van der Waals surface area contributed by atoms with Crippen molar-refractivity contribution in [3.63, 3.8) is 0 Å². The second kappa shape index (κ2) is 5.96. The Morgan fingerprint density at radius 1 is 1.48 bits per heavy atom. The second-order valence-corrected chi connectivity index (χ2v) is 6.06. The minimum atomic E-state index is -4.43. The van der Waals surface area contributed by atoms with Crippen molar-refractivity contribution < 1.29 is 18.0 Å². The molecule has 1 unspecified atom stereocenters. The standard InChI is InChI=1S/C14H16BrF3N2O/c1-2-13(5-6-19-8-13)12(21)20-11-7-9(14(16,17)18)3-4-10(11)15/h3-4,7,19H,2,5-6,8H2,1H3,(H,20,21). The molecule has 1 heterocycles. The molecule has 2 N–H and O–H groups in total. The zero-order valence-corrected chi connectivity index (χ0v) is 13.1. The number of carbonyl (C=O) groups excluding carboxylic acids is 1. The molecule has 1 aliphatic rings. The number of rotatable bonds is 3. The molecule has 1 aromatic rings. The molecule has 1 atom stereocenters. The molecule has 0 saturated carbocycles. The summed E-state index contributed by atoms with van der Waals surface area (Å²) in [7, 11) is 0. The van der Waals surface area contributed by atoms with Crippen LogP contribution in [0.5, 0.6) is 0 Å². The zero-order valence-electron chi connectivity index (χ0n) is 11.5. The summed E-state index contributed by atoms with van der Waals surface area (Å²) in [4.78, 5) is 12.4. The number of halogens is 4. The number of hydrogen-bond donors (Lipinski definition) is 2. The Kier molecular flexibility index (Phi) is 4.63. The summed E-state index contributed by atoms with van der Waals surface area (Å²) in [6.07, 6.45) is -3.11. The van der Waals surface area contributed by atoms with Crippen LogP contribution >= 0.6 is 15.9 Å². The molecule has 21 heavy (non-hydrogen) atoms. The van der Waals surface area contributed by atoms with Gasteiger partial charge in [-0.3, -0.25) is 4.79 Å². The van der Waals surface area contributed by atoms with Crippen molar-refractivity contribution in [1.82, 2.24) is 5.32 Å². The summed E-state index contributed by atoms with van der Waals surface area (Å²) >= 11 is 3.18. The third-order valence-corrected chi connectivity index (χ3v) is 4.64. The Balaban J connectivity index is 2.25. The molecule has 0 spiro atoms. The van der Waals surface area contributed by atoms with E-state index in [1.54, 1.807) is 0 Å². The van der Waals surface area contributed by atoms with E-state index in [9.17, 15) is 18.0 Å². The zero-order chi connectivity index (χ0) is 15.7. The number of anilines is 1. The number of hydrogen-bond acceptors (Lipinski definition) is 2. The fourth-order valence-electron chi connectivity index (χ4n) is 2.45. The Hall–Kier alpha value is -1.08. The quantitative estimate of drug-likeness (QED) is 0.856. The van der Waals surface area contributed by atoms with Crippen molar-refractivity contribution >= 4 is 27.5 Å². The number of benzene rings is 1. The molecule has 116 valence electrons. The Labute approximate surface area is 129 Å². The Morgan fingerprint density at radius 3 is 2.71 bits per heavy atom. The van der Waals surface area contributed by atoms with Crippen LogP contribution in [0.25, 0.3) is 0 Å². The van der Waals surface area contributed by atoms with E-state index in [1.807, 2.05) is 6.92 Å². The van der Waals surface area contributed by atoms with E-state index in [4.69, 9.17) is 0 Å². The maximum absolute atomic E-state index is 12.7. The summed E-state index contributed by atoms with van der Waals surface area (Å²) in [5, 5.41) is 5.76. The van der Waals surface area contributed by atoms with Crippen LogP contribution in [-0.2, 0) is 11.0 Å². The molecular weight excluding hydrogens is 349 g/mol. The highest BCUT2D eigenvalue weighted by molar-refractivity contribution is 9.10. The first kappa shape index (κ1) is 16.3. The van der Waals surface area contributed by atoms with Gasteiger partial charge in [0, 0.05) is 11.0 Å². The van der Waals surface area contributed by atoms with Crippen molar-refractivity contribution in [3.05, 3.63) is 28.2 Å². The van der Waals surface area contributed by atoms with Gasteiger partial charge in [0.15, 0.2) is 0 Å². The molecule has 1 fully saturated rings. The van der Waals surface area contributed by atoms with Gasteiger partial charge in [0.1, 0.15) is 0 Å². The van der Waals surface area contributed by atoms with Crippen LogP contribution in [0.2, 0.25) is 0 Å². The van der Waals surface area contributed by atoms with E-state index >= 15 is 0 Å². The fraction of sp³-hybridized carbons (Fsp3) is 0.500. The maximum Gasteiger partial charge on any atom is 0.416 e. The summed E-state index contributed by atoms with van der Waals surface area (Å²) in [6, 6.07) is 3.23. The van der Waals surface area contributed by atoms with Gasteiger partial charge in [-0.15, -0.1) is 0 Å². The van der Waals surface area contributed by atoms with E-state index in [1.165, 1.54) is 6.07 Å². The third-order valence-electron chi connectivity index (χ3n) is 3.94. The third kappa shape index (κ3) is 3.40. The predicted octanol–water partition coefficient (Wildman–Crippen LogP) is 3.80. The summed E-state index contributed by atoms with van der Waals surface area (Å²) in [5.41, 5.74) is -1.18. The minimum Gasteiger partial charge on any atom is -0.325 e. The van der Waals surface area contributed by atoms with Crippen LogP contribution in [0.1, 0.15) is 25.3 Å². The minimum absolute atomic E-state index is 0.148. The van der Waals surface area contributed by atoms with Crippen molar-refractivity contribution in [2.45, 2.75) is 25.9 Å². The maximum atomic E-state index is 12.7. The average molecular weight is 365 g/mol. The first-order valence-electron chi connectivity index (χ1n) is 6.67. The van der Waals surface area contributed by atoms with Crippen LogP contribution < -0.4 is 10.6 Å². The molecule has 0 bridgehead atoms. The van der Waals surface area contributed by atoms with E-state index < -0.39 is 17.2 Å². The molecule has 0 radical (unpaired) electrons. The van der Waals surface area contributed by atoms with E-state index in [-0.39, 0.29) is 11.6 Å². The van der Waals surface area contributed by atoms with Gasteiger partial charge < -0.3 is 10.6 Å². The molecule has 0 aromatic heterocycles. The van der Waals surface area contributed by atoms with Gasteiger partial charge in [0.2, 0.25) is 5.91 Å². The van der Waals surface area contributed by atoms with Gasteiger partial charge in [-0.05, 0) is 53.5 Å². The molecular formula is C14H16BrF3N2O. The Morgan fingerprint density at radius 2 is 2.19 bits per heavy atom. The van der Waals surface area contributed by atoms with Crippen LogP contribution in [-0.4, -0.2) is 19.0 Å². The molecule has 2 rings (SSSR count). The van der Waals surface area contributed by atoms with Gasteiger partial charge >= 0.3 is 6.18 Å². The molecule has 7 heteroatoms. The van der Waals surface area contributed by atoms with E-state index in [2.05, 4.69) is 26.6 Å². The molecule has 3 nitrogen and oxygen atoms in total. The number of nitrogens with one attached hydrogen (secondary N) is 2. The lowest BCUT2D eigenvalue weighted by Gasteiger charge is -2.25.